The number of rotatable bonds is 2. The Labute approximate surface area is 117 Å². The molecule has 2 nitrogen and oxygen atoms in total. The third-order valence-corrected chi connectivity index (χ3v) is 4.52. The van der Waals surface area contributed by atoms with E-state index in [1.807, 2.05) is 13.2 Å². The molecule has 0 saturated carbocycles. The van der Waals surface area contributed by atoms with Gasteiger partial charge in [-0.3, -0.25) is 0 Å². The number of ether oxygens (including phenoxy) is 2. The topological polar surface area (TPSA) is 18.5 Å². The highest BCUT2D eigenvalue weighted by atomic mass is 16.6. The van der Waals surface area contributed by atoms with Crippen LogP contribution in [0.1, 0.15) is 46.3 Å². The maximum atomic E-state index is 6.16. The highest BCUT2D eigenvalue weighted by molar-refractivity contribution is 5.26. The lowest BCUT2D eigenvalue weighted by molar-refractivity contribution is -0.173. The van der Waals surface area contributed by atoms with E-state index < -0.39 is 0 Å². The van der Waals surface area contributed by atoms with E-state index in [-0.39, 0.29) is 22.5 Å². The minimum absolute atomic E-state index is 0.0116. The van der Waals surface area contributed by atoms with Crippen molar-refractivity contribution in [1.82, 2.24) is 0 Å². The average molecular weight is 262 g/mol. The van der Waals surface area contributed by atoms with Crippen LogP contribution in [0.25, 0.3) is 0 Å². The molecule has 0 spiro atoms. The van der Waals surface area contributed by atoms with Crippen LogP contribution in [-0.4, -0.2) is 19.3 Å². The summed E-state index contributed by atoms with van der Waals surface area (Å²) in [4.78, 5) is 0. The summed E-state index contributed by atoms with van der Waals surface area (Å²) < 4.78 is 12.3. The van der Waals surface area contributed by atoms with Gasteiger partial charge in [-0.05, 0) is 11.0 Å². The van der Waals surface area contributed by atoms with Gasteiger partial charge in [0.15, 0.2) is 0 Å². The fourth-order valence-electron chi connectivity index (χ4n) is 3.93. The Balaban J connectivity index is 2.56. The normalized spacial score (nSPS) is 30.5. The van der Waals surface area contributed by atoms with Gasteiger partial charge in [-0.1, -0.05) is 65.0 Å². The molecule has 1 heterocycles. The number of hydrogen-bond acceptors (Lipinski definition) is 2. The molecule has 2 atom stereocenters. The summed E-state index contributed by atoms with van der Waals surface area (Å²) in [6.45, 7) is 11.9. The molecule has 1 saturated heterocycles. The van der Waals surface area contributed by atoms with E-state index in [1.54, 1.807) is 0 Å². The van der Waals surface area contributed by atoms with E-state index >= 15 is 0 Å². The molecule has 19 heavy (non-hydrogen) atoms. The Hall–Kier alpha value is -0.860. The molecule has 0 N–H and O–H groups in total. The van der Waals surface area contributed by atoms with Gasteiger partial charge in [-0.2, -0.15) is 0 Å². The van der Waals surface area contributed by atoms with Crippen molar-refractivity contribution >= 4 is 0 Å². The van der Waals surface area contributed by atoms with Gasteiger partial charge in [-0.15, -0.1) is 0 Å². The van der Waals surface area contributed by atoms with Crippen molar-refractivity contribution in [2.45, 2.75) is 46.3 Å². The third kappa shape index (κ3) is 2.02. The van der Waals surface area contributed by atoms with Crippen LogP contribution in [-0.2, 0) is 9.47 Å². The molecule has 1 fully saturated rings. The zero-order valence-electron chi connectivity index (χ0n) is 13.0. The molecule has 1 aromatic rings. The van der Waals surface area contributed by atoms with Gasteiger partial charge in [0.25, 0.3) is 0 Å². The second kappa shape index (κ2) is 4.60. The van der Waals surface area contributed by atoms with Crippen molar-refractivity contribution in [3.8, 4) is 0 Å². The monoisotopic (exact) mass is 262 g/mol. The van der Waals surface area contributed by atoms with Gasteiger partial charge in [0.05, 0.1) is 6.61 Å². The van der Waals surface area contributed by atoms with E-state index in [9.17, 15) is 0 Å². The molecule has 0 aliphatic carbocycles. The van der Waals surface area contributed by atoms with Crippen molar-refractivity contribution in [2.75, 3.05) is 13.7 Å². The second-order valence-corrected chi connectivity index (χ2v) is 7.18. The Morgan fingerprint density at radius 1 is 1.16 bits per heavy atom. The van der Waals surface area contributed by atoms with Gasteiger partial charge in [0.1, 0.15) is 11.7 Å². The highest BCUT2D eigenvalue weighted by Gasteiger charge is 2.63. The summed E-state index contributed by atoms with van der Waals surface area (Å²) in [6.07, 6.45) is -0.0197. The lowest BCUT2D eigenvalue weighted by atomic mass is 9.60. The van der Waals surface area contributed by atoms with Gasteiger partial charge < -0.3 is 9.47 Å². The first kappa shape index (κ1) is 14.5. The quantitative estimate of drug-likeness (QED) is 0.794. The van der Waals surface area contributed by atoms with Crippen LogP contribution >= 0.6 is 0 Å². The summed E-state index contributed by atoms with van der Waals surface area (Å²) in [6, 6.07) is 10.4. The van der Waals surface area contributed by atoms with Gasteiger partial charge in [0.2, 0.25) is 0 Å². The maximum Gasteiger partial charge on any atom is 0.113 e. The van der Waals surface area contributed by atoms with Gasteiger partial charge in [-0.25, -0.2) is 0 Å². The van der Waals surface area contributed by atoms with E-state index in [1.165, 1.54) is 5.56 Å². The van der Waals surface area contributed by atoms with Crippen LogP contribution < -0.4 is 0 Å². The molecule has 2 heteroatoms. The Morgan fingerprint density at radius 3 is 2.21 bits per heavy atom. The summed E-state index contributed by atoms with van der Waals surface area (Å²) in [7, 11) is 1.82. The predicted octanol–water partition coefficient (Wildman–Crippen LogP) is 4.22. The largest absolute Gasteiger partial charge is 0.374 e. The minimum Gasteiger partial charge on any atom is -0.374 e. The fourth-order valence-corrected chi connectivity index (χ4v) is 3.93. The molecule has 1 aromatic carbocycles. The van der Waals surface area contributed by atoms with Crippen molar-refractivity contribution < 1.29 is 9.47 Å². The lowest BCUT2D eigenvalue weighted by Crippen LogP contribution is -2.56. The third-order valence-electron chi connectivity index (χ3n) is 4.52. The Bertz CT molecular complexity index is 430. The summed E-state index contributed by atoms with van der Waals surface area (Å²) >= 11 is 0. The van der Waals surface area contributed by atoms with Crippen LogP contribution in [0, 0.1) is 10.8 Å². The molecule has 1 aliphatic heterocycles. The first-order valence-electron chi connectivity index (χ1n) is 6.98. The van der Waals surface area contributed by atoms with Crippen molar-refractivity contribution in [1.29, 1.82) is 0 Å². The Kier molecular flexibility index (Phi) is 3.53. The van der Waals surface area contributed by atoms with Crippen LogP contribution in [0.5, 0.6) is 0 Å². The molecule has 1 aliphatic rings. The van der Waals surface area contributed by atoms with E-state index in [4.69, 9.17) is 9.47 Å². The van der Waals surface area contributed by atoms with Crippen LogP contribution in [0.2, 0.25) is 0 Å². The fraction of sp³-hybridized carbons (Fsp3) is 0.647. The smallest absolute Gasteiger partial charge is 0.113 e. The van der Waals surface area contributed by atoms with Crippen molar-refractivity contribution in [3.05, 3.63) is 35.9 Å². The first-order valence-corrected chi connectivity index (χ1v) is 6.98. The second-order valence-electron chi connectivity index (χ2n) is 7.18. The number of benzene rings is 1. The molecule has 0 aromatic heterocycles. The Morgan fingerprint density at radius 2 is 1.74 bits per heavy atom. The summed E-state index contributed by atoms with van der Waals surface area (Å²) in [5.41, 5.74) is 0.828. The highest BCUT2D eigenvalue weighted by Crippen LogP contribution is 2.59. The van der Waals surface area contributed by atoms with E-state index in [2.05, 4.69) is 58.9 Å². The first-order chi connectivity index (χ1) is 8.76. The molecular formula is C17H26O2. The van der Waals surface area contributed by atoms with E-state index in [0.29, 0.717) is 0 Å². The summed E-state index contributed by atoms with van der Waals surface area (Å²) in [5.74, 6) is 0. The molecule has 2 unspecified atom stereocenters. The molecule has 106 valence electrons. The lowest BCUT2D eigenvalue weighted by Gasteiger charge is -2.51. The van der Waals surface area contributed by atoms with Crippen LogP contribution in [0.3, 0.4) is 0 Å². The van der Waals surface area contributed by atoms with Crippen molar-refractivity contribution in [2.24, 2.45) is 10.8 Å². The van der Waals surface area contributed by atoms with Gasteiger partial charge >= 0.3 is 0 Å². The van der Waals surface area contributed by atoms with Gasteiger partial charge in [0, 0.05) is 12.5 Å². The van der Waals surface area contributed by atoms with Crippen LogP contribution in [0.15, 0.2) is 30.3 Å². The molecule has 0 radical (unpaired) electrons. The molecule has 0 amide bonds. The van der Waals surface area contributed by atoms with Crippen LogP contribution in [0.4, 0.5) is 0 Å². The molecule has 2 rings (SSSR count). The average Bonchev–Trinajstić information content (AvgIpc) is 2.61. The van der Waals surface area contributed by atoms with E-state index in [0.717, 1.165) is 6.61 Å². The number of hydrogen-bond donors (Lipinski definition) is 0. The minimum atomic E-state index is -0.332. The maximum absolute atomic E-state index is 6.16. The predicted molar refractivity (Wildman–Crippen MR) is 78.1 cm³/mol. The SMILES string of the molecule is COC1(C(C)(C)C)C(c2ccccc2)OCC1(C)C. The van der Waals surface area contributed by atoms with Crippen molar-refractivity contribution in [3.63, 3.8) is 0 Å². The zero-order valence-corrected chi connectivity index (χ0v) is 13.0. The summed E-state index contributed by atoms with van der Waals surface area (Å²) in [5, 5.41) is 0. The molecular weight excluding hydrogens is 236 g/mol. The molecule has 0 bridgehead atoms. The number of methoxy groups -OCH3 is 1. The standard InChI is InChI=1S/C17H26O2/c1-15(2,3)17(18-6)14(19-12-16(17,4)5)13-10-8-7-9-11-13/h7-11,14H,12H2,1-6H3. The zero-order chi connectivity index (χ0) is 14.3.